The Kier molecular flexibility index (Phi) is 3.95. The van der Waals surface area contributed by atoms with Gasteiger partial charge in [-0.25, -0.2) is 8.78 Å². The van der Waals surface area contributed by atoms with E-state index in [1.165, 1.54) is 0 Å². The Labute approximate surface area is 122 Å². The fourth-order valence-corrected chi connectivity index (χ4v) is 3.49. The van der Waals surface area contributed by atoms with Gasteiger partial charge in [0.25, 0.3) is 0 Å². The molecule has 2 aliphatic rings. The lowest BCUT2D eigenvalue weighted by atomic mass is 9.85. The molecule has 3 rings (SSSR count). The minimum absolute atomic E-state index is 0.0242. The third-order valence-corrected chi connectivity index (χ3v) is 4.73. The number of hydrogen-bond donors (Lipinski definition) is 1. The monoisotopic (exact) mass is 297 g/mol. The summed E-state index contributed by atoms with van der Waals surface area (Å²) in [7, 11) is 0. The van der Waals surface area contributed by atoms with Crippen molar-refractivity contribution < 1.29 is 13.6 Å². The van der Waals surface area contributed by atoms with Gasteiger partial charge in [-0.1, -0.05) is 0 Å². The van der Waals surface area contributed by atoms with Crippen molar-refractivity contribution in [1.82, 2.24) is 15.1 Å². The number of alkyl halides is 2. The van der Waals surface area contributed by atoms with Crippen LogP contribution in [0.5, 0.6) is 0 Å². The van der Waals surface area contributed by atoms with Crippen LogP contribution in [0.4, 0.5) is 8.78 Å². The summed E-state index contributed by atoms with van der Waals surface area (Å²) in [5, 5.41) is 6.90. The molecule has 1 aliphatic heterocycles. The molecular weight excluding hydrogens is 276 g/mol. The van der Waals surface area contributed by atoms with Gasteiger partial charge in [0.15, 0.2) is 0 Å². The Morgan fingerprint density at radius 2 is 2.05 bits per heavy atom. The molecule has 21 heavy (non-hydrogen) atoms. The normalized spacial score (nSPS) is 26.8. The van der Waals surface area contributed by atoms with Crippen molar-refractivity contribution in [3.8, 4) is 0 Å². The van der Waals surface area contributed by atoms with Crippen LogP contribution in [-0.4, -0.2) is 33.5 Å². The largest absolute Gasteiger partial charge is 0.334 e. The van der Waals surface area contributed by atoms with Crippen molar-refractivity contribution in [2.24, 2.45) is 5.92 Å². The van der Waals surface area contributed by atoms with Gasteiger partial charge >= 0.3 is 0 Å². The van der Waals surface area contributed by atoms with Crippen molar-refractivity contribution in [3.63, 3.8) is 0 Å². The standard InChI is InChI=1S/C15H21F2N3O/c16-15(17)7-4-11(5-8-15)14(21)20-10-2-1-3-13(20)12-6-9-18-19-12/h6,9,11,13H,1-5,7-8,10H2,(H,18,19)/t13-/m1/s1. The zero-order chi connectivity index (χ0) is 14.9. The molecule has 1 atom stereocenters. The first-order chi connectivity index (χ1) is 10.1. The molecule has 0 aromatic carbocycles. The number of likely N-dealkylation sites (tertiary alicyclic amines) is 1. The lowest BCUT2D eigenvalue weighted by molar-refractivity contribution is -0.143. The number of nitrogens with one attached hydrogen (secondary N) is 1. The molecule has 6 heteroatoms. The second kappa shape index (κ2) is 5.73. The highest BCUT2D eigenvalue weighted by atomic mass is 19.3. The molecule has 1 aromatic rings. The van der Waals surface area contributed by atoms with Gasteiger partial charge in [-0.15, -0.1) is 0 Å². The Bertz CT molecular complexity index is 479. The molecule has 0 spiro atoms. The molecule has 1 saturated carbocycles. The number of H-pyrrole nitrogens is 1. The van der Waals surface area contributed by atoms with Gasteiger partial charge in [0.05, 0.1) is 11.7 Å². The predicted molar refractivity (Wildman–Crippen MR) is 73.8 cm³/mol. The van der Waals surface area contributed by atoms with Gasteiger partial charge in [0, 0.05) is 31.5 Å². The predicted octanol–water partition coefficient (Wildman–Crippen LogP) is 3.29. The summed E-state index contributed by atoms with van der Waals surface area (Å²) >= 11 is 0. The van der Waals surface area contributed by atoms with E-state index in [2.05, 4.69) is 10.2 Å². The highest BCUT2D eigenvalue weighted by Crippen LogP contribution is 2.39. The van der Waals surface area contributed by atoms with Crippen LogP contribution >= 0.6 is 0 Å². The first-order valence-electron chi connectivity index (χ1n) is 7.74. The van der Waals surface area contributed by atoms with Gasteiger partial charge in [0.1, 0.15) is 0 Å². The Morgan fingerprint density at radius 1 is 1.29 bits per heavy atom. The maximum absolute atomic E-state index is 13.2. The third-order valence-electron chi connectivity index (χ3n) is 4.73. The summed E-state index contributed by atoms with van der Waals surface area (Å²) in [6.07, 6.45) is 4.95. The highest BCUT2D eigenvalue weighted by Gasteiger charge is 2.40. The summed E-state index contributed by atoms with van der Waals surface area (Å²) < 4.78 is 26.5. The van der Waals surface area contributed by atoms with Crippen molar-refractivity contribution in [2.45, 2.75) is 56.9 Å². The van der Waals surface area contributed by atoms with Crippen molar-refractivity contribution in [3.05, 3.63) is 18.0 Å². The average molecular weight is 297 g/mol. The topological polar surface area (TPSA) is 49.0 Å². The molecule has 1 N–H and O–H groups in total. The van der Waals surface area contributed by atoms with E-state index in [-0.39, 0.29) is 30.7 Å². The number of piperidine rings is 1. The van der Waals surface area contributed by atoms with E-state index < -0.39 is 5.92 Å². The van der Waals surface area contributed by atoms with Gasteiger partial charge in [-0.3, -0.25) is 9.89 Å². The third kappa shape index (κ3) is 3.09. The van der Waals surface area contributed by atoms with Crippen LogP contribution in [-0.2, 0) is 4.79 Å². The zero-order valence-corrected chi connectivity index (χ0v) is 12.0. The van der Waals surface area contributed by atoms with Crippen molar-refractivity contribution >= 4 is 5.91 Å². The number of nitrogens with zero attached hydrogens (tertiary/aromatic N) is 2. The first kappa shape index (κ1) is 14.5. The molecule has 1 aliphatic carbocycles. The van der Waals surface area contributed by atoms with E-state index in [4.69, 9.17) is 0 Å². The lowest BCUT2D eigenvalue weighted by Crippen LogP contribution is -2.43. The maximum atomic E-state index is 13.2. The number of halogens is 2. The SMILES string of the molecule is O=C(C1CCC(F)(F)CC1)N1CCCC[C@@H]1c1ccn[nH]1. The van der Waals surface area contributed by atoms with Crippen molar-refractivity contribution in [1.29, 1.82) is 0 Å². The van der Waals surface area contributed by atoms with Crippen LogP contribution in [0.2, 0.25) is 0 Å². The Hall–Kier alpha value is -1.46. The molecule has 1 amide bonds. The molecule has 2 fully saturated rings. The van der Waals surface area contributed by atoms with E-state index in [0.717, 1.165) is 31.5 Å². The fourth-order valence-electron chi connectivity index (χ4n) is 3.49. The zero-order valence-electron chi connectivity index (χ0n) is 12.0. The molecule has 4 nitrogen and oxygen atoms in total. The van der Waals surface area contributed by atoms with Crippen LogP contribution in [0.3, 0.4) is 0 Å². The minimum atomic E-state index is -2.58. The van der Waals surface area contributed by atoms with E-state index in [1.54, 1.807) is 6.20 Å². The van der Waals surface area contributed by atoms with Crippen LogP contribution in [0.25, 0.3) is 0 Å². The second-order valence-corrected chi connectivity index (χ2v) is 6.19. The summed E-state index contributed by atoms with van der Waals surface area (Å²) in [5.74, 6) is -2.78. The number of amides is 1. The molecule has 0 unspecified atom stereocenters. The fraction of sp³-hybridized carbons (Fsp3) is 0.733. The lowest BCUT2D eigenvalue weighted by Gasteiger charge is -2.39. The summed E-state index contributed by atoms with van der Waals surface area (Å²) in [4.78, 5) is 14.6. The molecule has 1 saturated heterocycles. The summed E-state index contributed by atoms with van der Waals surface area (Å²) in [6, 6.07) is 1.92. The summed E-state index contributed by atoms with van der Waals surface area (Å²) in [6.45, 7) is 0.718. The average Bonchev–Trinajstić information content (AvgIpc) is 3.01. The second-order valence-electron chi connectivity index (χ2n) is 6.19. The molecule has 1 aromatic heterocycles. The van der Waals surface area contributed by atoms with Crippen molar-refractivity contribution in [2.75, 3.05) is 6.54 Å². The highest BCUT2D eigenvalue weighted by molar-refractivity contribution is 5.79. The number of carbonyl (C=O) groups is 1. The van der Waals surface area contributed by atoms with Crippen LogP contribution in [0.1, 0.15) is 56.7 Å². The van der Waals surface area contributed by atoms with E-state index in [0.29, 0.717) is 12.8 Å². The first-order valence-corrected chi connectivity index (χ1v) is 7.74. The van der Waals surface area contributed by atoms with E-state index >= 15 is 0 Å². The number of aromatic nitrogens is 2. The number of aromatic amines is 1. The molecular formula is C15H21F2N3O. The van der Waals surface area contributed by atoms with Gasteiger partial charge in [-0.05, 0) is 38.2 Å². The molecule has 0 radical (unpaired) electrons. The molecule has 2 heterocycles. The van der Waals surface area contributed by atoms with Gasteiger partial charge in [-0.2, -0.15) is 5.10 Å². The molecule has 116 valence electrons. The van der Waals surface area contributed by atoms with Crippen LogP contribution in [0, 0.1) is 5.92 Å². The number of rotatable bonds is 2. The molecule has 0 bridgehead atoms. The van der Waals surface area contributed by atoms with Gasteiger partial charge < -0.3 is 4.90 Å². The number of carbonyl (C=O) groups excluding carboxylic acids is 1. The Balaban J connectivity index is 1.70. The van der Waals surface area contributed by atoms with E-state index in [1.807, 2.05) is 11.0 Å². The number of hydrogen-bond acceptors (Lipinski definition) is 2. The van der Waals surface area contributed by atoms with Crippen LogP contribution in [0.15, 0.2) is 12.3 Å². The van der Waals surface area contributed by atoms with Crippen LogP contribution < -0.4 is 0 Å². The smallest absolute Gasteiger partial charge is 0.248 e. The van der Waals surface area contributed by atoms with E-state index in [9.17, 15) is 13.6 Å². The summed E-state index contributed by atoms with van der Waals surface area (Å²) in [5.41, 5.74) is 0.948. The minimum Gasteiger partial charge on any atom is -0.334 e. The maximum Gasteiger partial charge on any atom is 0.248 e. The van der Waals surface area contributed by atoms with Gasteiger partial charge in [0.2, 0.25) is 11.8 Å². The Morgan fingerprint density at radius 3 is 2.71 bits per heavy atom. The quantitative estimate of drug-likeness (QED) is 0.910.